The monoisotopic (exact) mass is 248 g/mol. The lowest BCUT2D eigenvalue weighted by Gasteiger charge is -2.07. The zero-order valence-corrected chi connectivity index (χ0v) is 10.3. The molecule has 96 valence electrons. The average molecular weight is 248 g/mol. The van der Waals surface area contributed by atoms with E-state index in [1.807, 2.05) is 6.92 Å². The highest BCUT2D eigenvalue weighted by molar-refractivity contribution is 5.92. The van der Waals surface area contributed by atoms with Crippen LogP contribution in [0.5, 0.6) is 5.75 Å². The molecule has 0 unspecified atom stereocenters. The van der Waals surface area contributed by atoms with Gasteiger partial charge in [-0.3, -0.25) is 4.79 Å². The normalized spacial score (nSPS) is 9.56. The molecule has 1 N–H and O–H groups in total. The van der Waals surface area contributed by atoms with Gasteiger partial charge in [-0.15, -0.1) is 0 Å². The second-order valence-electron chi connectivity index (χ2n) is 3.45. The first-order chi connectivity index (χ1) is 8.76. The Morgan fingerprint density at radius 2 is 2.06 bits per heavy atom. The van der Waals surface area contributed by atoms with E-state index in [0.29, 0.717) is 31.3 Å². The van der Waals surface area contributed by atoms with Crippen molar-refractivity contribution >= 4 is 11.6 Å². The van der Waals surface area contributed by atoms with Gasteiger partial charge in [0.15, 0.2) is 0 Å². The Hall–Kier alpha value is -2.06. The number of hydrogen-bond donors (Lipinski definition) is 1. The van der Waals surface area contributed by atoms with Crippen LogP contribution in [0, 0.1) is 11.3 Å². The maximum absolute atomic E-state index is 11.2. The molecule has 0 spiro atoms. The molecule has 1 rings (SSSR count). The number of carbonyl (C=O) groups is 1. The first kappa shape index (κ1) is 14.0. The van der Waals surface area contributed by atoms with Crippen LogP contribution in [0.15, 0.2) is 24.3 Å². The second kappa shape index (κ2) is 8.09. The minimum atomic E-state index is -0.317. The Balaban J connectivity index is 2.38. The molecule has 0 aliphatic carbocycles. The summed E-state index contributed by atoms with van der Waals surface area (Å²) in [5.41, 5.74) is 0.646. The van der Waals surface area contributed by atoms with Crippen LogP contribution >= 0.6 is 0 Å². The number of nitrogens with zero attached hydrogens (tertiary/aromatic N) is 1. The first-order valence-corrected chi connectivity index (χ1v) is 5.73. The van der Waals surface area contributed by atoms with Gasteiger partial charge in [0.25, 0.3) is 0 Å². The lowest BCUT2D eigenvalue weighted by atomic mass is 10.3. The molecule has 0 aliphatic rings. The van der Waals surface area contributed by atoms with Crippen molar-refractivity contribution in [1.29, 1.82) is 5.26 Å². The van der Waals surface area contributed by atoms with Gasteiger partial charge >= 0.3 is 0 Å². The summed E-state index contributed by atoms with van der Waals surface area (Å²) in [6.07, 6.45) is -0.146. The molecule has 0 radical (unpaired) electrons. The zero-order valence-electron chi connectivity index (χ0n) is 10.3. The van der Waals surface area contributed by atoms with Crippen molar-refractivity contribution in [2.45, 2.75) is 13.3 Å². The summed E-state index contributed by atoms with van der Waals surface area (Å²) in [5, 5.41) is 11.0. The quantitative estimate of drug-likeness (QED) is 0.749. The molecule has 0 heterocycles. The fourth-order valence-electron chi connectivity index (χ4n) is 1.27. The number of benzene rings is 1. The summed E-state index contributed by atoms with van der Waals surface area (Å²) < 4.78 is 10.6. The van der Waals surface area contributed by atoms with Crippen molar-refractivity contribution < 1.29 is 14.3 Å². The van der Waals surface area contributed by atoms with Crippen LogP contribution in [0.25, 0.3) is 0 Å². The Morgan fingerprint density at radius 1 is 1.33 bits per heavy atom. The Kier molecular flexibility index (Phi) is 6.30. The predicted octanol–water partition coefficient (Wildman–Crippen LogP) is 1.95. The van der Waals surface area contributed by atoms with Gasteiger partial charge < -0.3 is 14.8 Å². The van der Waals surface area contributed by atoms with Crippen molar-refractivity contribution in [1.82, 2.24) is 0 Å². The summed E-state index contributed by atoms with van der Waals surface area (Å²) >= 11 is 0. The third-order valence-corrected chi connectivity index (χ3v) is 2.08. The average Bonchev–Trinajstić information content (AvgIpc) is 2.37. The third-order valence-electron chi connectivity index (χ3n) is 2.08. The fraction of sp³-hybridized carbons (Fsp3) is 0.385. The molecule has 0 saturated heterocycles. The van der Waals surface area contributed by atoms with Gasteiger partial charge in [-0.25, -0.2) is 0 Å². The van der Waals surface area contributed by atoms with Crippen molar-refractivity contribution in [3.63, 3.8) is 0 Å². The minimum Gasteiger partial charge on any atom is -0.491 e. The van der Waals surface area contributed by atoms with Crippen LogP contribution < -0.4 is 10.1 Å². The molecule has 1 amide bonds. The topological polar surface area (TPSA) is 71.3 Å². The molecule has 0 atom stereocenters. The molecule has 0 fully saturated rings. The molecule has 18 heavy (non-hydrogen) atoms. The molecular weight excluding hydrogens is 232 g/mol. The predicted molar refractivity (Wildman–Crippen MR) is 67.3 cm³/mol. The van der Waals surface area contributed by atoms with Crippen molar-refractivity contribution in [2.24, 2.45) is 0 Å². The number of hydrogen-bond acceptors (Lipinski definition) is 4. The minimum absolute atomic E-state index is 0.146. The second-order valence-corrected chi connectivity index (χ2v) is 3.45. The van der Waals surface area contributed by atoms with E-state index in [1.165, 1.54) is 0 Å². The molecule has 0 aliphatic heterocycles. The number of carbonyl (C=O) groups excluding carboxylic acids is 1. The number of nitriles is 1. The summed E-state index contributed by atoms with van der Waals surface area (Å²) in [4.78, 5) is 11.2. The molecular formula is C13H16N2O3. The third kappa shape index (κ3) is 5.32. The van der Waals surface area contributed by atoms with Crippen molar-refractivity contribution in [3.05, 3.63) is 24.3 Å². The summed E-state index contributed by atoms with van der Waals surface area (Å²) in [6, 6.07) is 8.76. The summed E-state index contributed by atoms with van der Waals surface area (Å²) in [5.74, 6) is 0.399. The zero-order chi connectivity index (χ0) is 13.2. The van der Waals surface area contributed by atoms with Gasteiger partial charge in [-0.2, -0.15) is 5.26 Å². The smallest absolute Gasteiger partial charge is 0.238 e. The number of nitrogens with one attached hydrogen (secondary N) is 1. The van der Waals surface area contributed by atoms with E-state index in [-0.39, 0.29) is 12.3 Å². The molecule has 5 nitrogen and oxygen atoms in total. The summed E-state index contributed by atoms with van der Waals surface area (Å²) in [7, 11) is 0. The molecule has 5 heteroatoms. The van der Waals surface area contributed by atoms with Gasteiger partial charge in [0.05, 0.1) is 12.7 Å². The van der Waals surface area contributed by atoms with Crippen LogP contribution in [0.3, 0.4) is 0 Å². The fourth-order valence-corrected chi connectivity index (χ4v) is 1.27. The highest BCUT2D eigenvalue weighted by atomic mass is 16.5. The van der Waals surface area contributed by atoms with E-state index >= 15 is 0 Å². The van der Waals surface area contributed by atoms with Crippen molar-refractivity contribution in [2.75, 3.05) is 25.1 Å². The van der Waals surface area contributed by atoms with E-state index in [1.54, 1.807) is 30.3 Å². The molecule has 0 aromatic heterocycles. The lowest BCUT2D eigenvalue weighted by molar-refractivity contribution is -0.115. The molecule has 0 bridgehead atoms. The molecule has 1 aromatic rings. The SMILES string of the molecule is CCOCCOc1ccc(NC(=O)CC#N)cc1. The standard InChI is InChI=1S/C13H16N2O3/c1-2-17-9-10-18-12-5-3-11(4-6-12)15-13(16)7-8-14/h3-6H,2,7,9-10H2,1H3,(H,15,16). The van der Waals surface area contributed by atoms with Crippen LogP contribution in [0.1, 0.15) is 13.3 Å². The van der Waals surface area contributed by atoms with Gasteiger partial charge in [0, 0.05) is 12.3 Å². The van der Waals surface area contributed by atoms with E-state index in [2.05, 4.69) is 5.32 Å². The first-order valence-electron chi connectivity index (χ1n) is 5.73. The van der Waals surface area contributed by atoms with Gasteiger partial charge in [0.2, 0.25) is 5.91 Å². The van der Waals surface area contributed by atoms with Crippen LogP contribution in [-0.4, -0.2) is 25.7 Å². The Labute approximate surface area is 106 Å². The van der Waals surface area contributed by atoms with Crippen molar-refractivity contribution in [3.8, 4) is 11.8 Å². The van der Waals surface area contributed by atoms with E-state index < -0.39 is 0 Å². The maximum atomic E-state index is 11.2. The summed E-state index contributed by atoms with van der Waals surface area (Å²) in [6.45, 7) is 3.65. The number of anilines is 1. The van der Waals surface area contributed by atoms with Crippen LogP contribution in [0.2, 0.25) is 0 Å². The van der Waals surface area contributed by atoms with Crippen LogP contribution in [0.4, 0.5) is 5.69 Å². The van der Waals surface area contributed by atoms with Gasteiger partial charge in [-0.05, 0) is 31.2 Å². The lowest BCUT2D eigenvalue weighted by Crippen LogP contribution is -2.10. The van der Waals surface area contributed by atoms with Crippen LogP contribution in [-0.2, 0) is 9.53 Å². The van der Waals surface area contributed by atoms with Gasteiger partial charge in [0.1, 0.15) is 18.8 Å². The largest absolute Gasteiger partial charge is 0.491 e. The number of amides is 1. The highest BCUT2D eigenvalue weighted by Gasteiger charge is 2.01. The maximum Gasteiger partial charge on any atom is 0.238 e. The number of rotatable bonds is 7. The molecule has 1 aromatic carbocycles. The van der Waals surface area contributed by atoms with E-state index in [9.17, 15) is 4.79 Å². The Morgan fingerprint density at radius 3 is 2.67 bits per heavy atom. The highest BCUT2D eigenvalue weighted by Crippen LogP contribution is 2.15. The van der Waals surface area contributed by atoms with E-state index in [4.69, 9.17) is 14.7 Å². The Bertz CT molecular complexity index is 409. The van der Waals surface area contributed by atoms with Gasteiger partial charge in [-0.1, -0.05) is 0 Å². The van der Waals surface area contributed by atoms with E-state index in [0.717, 1.165) is 0 Å². The number of ether oxygens (including phenoxy) is 2. The molecule has 0 saturated carbocycles.